The van der Waals surface area contributed by atoms with Crippen molar-refractivity contribution in [3.05, 3.63) is 99.7 Å². The van der Waals surface area contributed by atoms with Gasteiger partial charge in [-0.25, -0.2) is 4.68 Å². The normalized spacial score (nSPS) is 14.6. The van der Waals surface area contributed by atoms with Crippen molar-refractivity contribution >= 4 is 21.6 Å². The molecule has 0 saturated carbocycles. The molecule has 0 saturated heterocycles. The van der Waals surface area contributed by atoms with Gasteiger partial charge in [-0.3, -0.25) is 0 Å². The SMILES string of the molecule is Cc1ccc2c(c1)-c1cc(C)nn1C(c1ccccc1OCc1ccc(Br)cc1)N2. The van der Waals surface area contributed by atoms with Crippen molar-refractivity contribution < 1.29 is 4.74 Å². The fourth-order valence-corrected chi connectivity index (χ4v) is 4.17. The molecule has 1 aliphatic heterocycles. The monoisotopic (exact) mass is 459 g/mol. The highest BCUT2D eigenvalue weighted by Gasteiger charge is 2.28. The number of fused-ring (bicyclic) bond motifs is 3. The lowest BCUT2D eigenvalue weighted by molar-refractivity contribution is 0.299. The quantitative estimate of drug-likeness (QED) is 0.379. The van der Waals surface area contributed by atoms with Crippen LogP contribution in [0.2, 0.25) is 0 Å². The van der Waals surface area contributed by atoms with Crippen LogP contribution >= 0.6 is 15.9 Å². The van der Waals surface area contributed by atoms with Crippen LogP contribution in [0.25, 0.3) is 11.3 Å². The molecule has 4 nitrogen and oxygen atoms in total. The minimum absolute atomic E-state index is 0.134. The molecule has 5 heteroatoms. The van der Waals surface area contributed by atoms with E-state index in [1.807, 2.05) is 37.3 Å². The van der Waals surface area contributed by atoms with Gasteiger partial charge in [-0.2, -0.15) is 5.10 Å². The number of halogens is 1. The van der Waals surface area contributed by atoms with E-state index >= 15 is 0 Å². The predicted octanol–water partition coefficient (Wildman–Crippen LogP) is 6.48. The first-order valence-electron chi connectivity index (χ1n) is 9.98. The molecular weight excluding hydrogens is 438 g/mol. The summed E-state index contributed by atoms with van der Waals surface area (Å²) < 4.78 is 9.38. The average Bonchev–Trinajstić information content (AvgIpc) is 3.15. The van der Waals surface area contributed by atoms with Crippen LogP contribution in [0.5, 0.6) is 5.75 Å². The van der Waals surface area contributed by atoms with Crippen molar-refractivity contribution in [3.63, 3.8) is 0 Å². The maximum absolute atomic E-state index is 6.25. The van der Waals surface area contributed by atoms with Gasteiger partial charge in [-0.05, 0) is 55.8 Å². The number of hydrogen-bond donors (Lipinski definition) is 1. The topological polar surface area (TPSA) is 39.1 Å². The van der Waals surface area contributed by atoms with Gasteiger partial charge in [0.2, 0.25) is 0 Å². The maximum Gasteiger partial charge on any atom is 0.150 e. The minimum atomic E-state index is -0.134. The zero-order valence-electron chi connectivity index (χ0n) is 16.9. The van der Waals surface area contributed by atoms with E-state index in [-0.39, 0.29) is 6.17 Å². The molecule has 1 aromatic heterocycles. The molecule has 1 N–H and O–H groups in total. The molecule has 0 aliphatic carbocycles. The summed E-state index contributed by atoms with van der Waals surface area (Å²) in [7, 11) is 0. The van der Waals surface area contributed by atoms with Crippen LogP contribution in [0.4, 0.5) is 5.69 Å². The number of benzene rings is 3. The first-order valence-corrected chi connectivity index (χ1v) is 10.8. The van der Waals surface area contributed by atoms with Gasteiger partial charge in [-0.15, -0.1) is 0 Å². The first-order chi connectivity index (χ1) is 14.6. The molecule has 1 unspecified atom stereocenters. The third-order valence-electron chi connectivity index (χ3n) is 5.37. The minimum Gasteiger partial charge on any atom is -0.488 e. The second-order valence-corrected chi connectivity index (χ2v) is 8.58. The maximum atomic E-state index is 6.25. The summed E-state index contributed by atoms with van der Waals surface area (Å²) in [5.74, 6) is 0.854. The third-order valence-corrected chi connectivity index (χ3v) is 5.90. The highest BCUT2D eigenvalue weighted by molar-refractivity contribution is 9.10. The highest BCUT2D eigenvalue weighted by atomic mass is 79.9. The number of hydrogen-bond acceptors (Lipinski definition) is 3. The summed E-state index contributed by atoms with van der Waals surface area (Å²) in [6, 6.07) is 25.0. The number of rotatable bonds is 4. The van der Waals surface area contributed by atoms with Crippen molar-refractivity contribution in [1.29, 1.82) is 0 Å². The molecule has 2 heterocycles. The van der Waals surface area contributed by atoms with E-state index in [0.717, 1.165) is 38.4 Å². The molecule has 0 amide bonds. The highest BCUT2D eigenvalue weighted by Crippen LogP contribution is 2.41. The Kier molecular flexibility index (Phi) is 4.83. The molecule has 3 aromatic carbocycles. The van der Waals surface area contributed by atoms with E-state index < -0.39 is 0 Å². The lowest BCUT2D eigenvalue weighted by Gasteiger charge is -2.30. The fourth-order valence-electron chi connectivity index (χ4n) is 3.91. The van der Waals surface area contributed by atoms with Crippen LogP contribution in [0, 0.1) is 13.8 Å². The van der Waals surface area contributed by atoms with E-state index in [1.54, 1.807) is 0 Å². The first kappa shape index (κ1) is 18.9. The van der Waals surface area contributed by atoms with E-state index in [9.17, 15) is 0 Å². The summed E-state index contributed by atoms with van der Waals surface area (Å²) in [5.41, 5.74) is 7.83. The van der Waals surface area contributed by atoms with Gasteiger partial charge in [0.15, 0.2) is 6.17 Å². The van der Waals surface area contributed by atoms with E-state index in [1.165, 1.54) is 11.1 Å². The van der Waals surface area contributed by atoms with Crippen molar-refractivity contribution in [1.82, 2.24) is 9.78 Å². The van der Waals surface area contributed by atoms with Gasteiger partial charge in [0.1, 0.15) is 12.4 Å². The van der Waals surface area contributed by atoms with E-state index in [4.69, 9.17) is 9.84 Å². The van der Waals surface area contributed by atoms with Crippen molar-refractivity contribution in [2.75, 3.05) is 5.32 Å². The summed E-state index contributed by atoms with van der Waals surface area (Å²) in [6.07, 6.45) is -0.134. The summed E-state index contributed by atoms with van der Waals surface area (Å²) >= 11 is 3.48. The second-order valence-electron chi connectivity index (χ2n) is 7.66. The van der Waals surface area contributed by atoms with Crippen LogP contribution in [-0.4, -0.2) is 9.78 Å². The molecule has 0 spiro atoms. The molecule has 4 aromatic rings. The zero-order valence-corrected chi connectivity index (χ0v) is 18.5. The van der Waals surface area contributed by atoms with Gasteiger partial charge >= 0.3 is 0 Å². The van der Waals surface area contributed by atoms with Gasteiger partial charge in [0.05, 0.1) is 11.4 Å². The third kappa shape index (κ3) is 3.50. The number of para-hydroxylation sites is 1. The predicted molar refractivity (Wildman–Crippen MR) is 124 cm³/mol. The Labute approximate surface area is 184 Å². The molecule has 150 valence electrons. The standard InChI is InChI=1S/C25H22BrN3O/c1-16-7-12-22-21(13-16)23-14-17(2)28-29(23)25(27-22)20-5-3-4-6-24(20)30-15-18-8-10-19(26)11-9-18/h3-14,25,27H,15H2,1-2H3. The summed E-state index contributed by atoms with van der Waals surface area (Å²) in [4.78, 5) is 0. The number of nitrogens with one attached hydrogen (secondary N) is 1. The Balaban J connectivity index is 1.51. The molecule has 0 fully saturated rings. The van der Waals surface area contributed by atoms with Crippen LogP contribution in [-0.2, 0) is 6.61 Å². The van der Waals surface area contributed by atoms with Crippen LogP contribution < -0.4 is 10.1 Å². The smallest absolute Gasteiger partial charge is 0.150 e. The number of anilines is 1. The molecule has 1 aliphatic rings. The van der Waals surface area contributed by atoms with Crippen LogP contribution in [0.15, 0.2) is 77.3 Å². The number of aryl methyl sites for hydroxylation is 2. The molecule has 1 atom stereocenters. The molecule has 0 radical (unpaired) electrons. The lowest BCUT2D eigenvalue weighted by atomic mass is 10.0. The summed E-state index contributed by atoms with van der Waals surface area (Å²) in [6.45, 7) is 4.66. The molecule has 5 rings (SSSR count). The molecule has 0 bridgehead atoms. The van der Waals surface area contributed by atoms with E-state index in [0.29, 0.717) is 6.61 Å². The Bertz CT molecular complexity index is 1210. The average molecular weight is 460 g/mol. The summed E-state index contributed by atoms with van der Waals surface area (Å²) in [5, 5.41) is 8.47. The molecule has 30 heavy (non-hydrogen) atoms. The Morgan fingerprint density at radius 1 is 1.00 bits per heavy atom. The Hall–Kier alpha value is -3.05. The second kappa shape index (κ2) is 7.65. The molecular formula is C25H22BrN3O. The van der Waals surface area contributed by atoms with E-state index in [2.05, 4.69) is 75.3 Å². The van der Waals surface area contributed by atoms with Gasteiger partial charge in [0, 0.05) is 21.3 Å². The number of ether oxygens (including phenoxy) is 1. The number of nitrogens with zero attached hydrogens (tertiary/aromatic N) is 2. The van der Waals surface area contributed by atoms with Crippen LogP contribution in [0.3, 0.4) is 0 Å². The van der Waals surface area contributed by atoms with Gasteiger partial charge in [-0.1, -0.05) is 57.9 Å². The van der Waals surface area contributed by atoms with Gasteiger partial charge < -0.3 is 10.1 Å². The van der Waals surface area contributed by atoms with Gasteiger partial charge in [0.25, 0.3) is 0 Å². The largest absolute Gasteiger partial charge is 0.488 e. The Morgan fingerprint density at radius 3 is 2.63 bits per heavy atom. The van der Waals surface area contributed by atoms with Crippen LogP contribution in [0.1, 0.15) is 28.6 Å². The van der Waals surface area contributed by atoms with Crippen molar-refractivity contribution in [3.8, 4) is 17.0 Å². The van der Waals surface area contributed by atoms with Crippen molar-refractivity contribution in [2.24, 2.45) is 0 Å². The lowest BCUT2D eigenvalue weighted by Crippen LogP contribution is -2.26. The van der Waals surface area contributed by atoms with Crippen molar-refractivity contribution in [2.45, 2.75) is 26.6 Å². The fraction of sp³-hybridized carbons (Fsp3) is 0.160. The Morgan fingerprint density at radius 2 is 1.80 bits per heavy atom. The number of aromatic nitrogens is 2. The zero-order chi connectivity index (χ0) is 20.7.